The van der Waals surface area contributed by atoms with Crippen molar-refractivity contribution in [3.8, 4) is 5.75 Å². The van der Waals surface area contributed by atoms with Gasteiger partial charge in [0.1, 0.15) is 11.9 Å². The molecule has 0 aliphatic heterocycles. The number of oxime groups is 1. The normalized spacial score (nSPS) is 14.2. The Labute approximate surface area is 113 Å². The number of amidine groups is 1. The number of ether oxygens (including phenoxy) is 2. The number of alkyl halides is 3. The van der Waals surface area contributed by atoms with E-state index in [-0.39, 0.29) is 17.9 Å². The first kappa shape index (κ1) is 16.1. The maximum absolute atomic E-state index is 13.0. The summed E-state index contributed by atoms with van der Waals surface area (Å²) in [7, 11) is 1.42. The zero-order chi connectivity index (χ0) is 15.3. The molecule has 20 heavy (non-hydrogen) atoms. The first-order valence-corrected chi connectivity index (χ1v) is 5.64. The lowest BCUT2D eigenvalue weighted by Crippen LogP contribution is -2.21. The fraction of sp³-hybridized carbons (Fsp3) is 0.417. The summed E-state index contributed by atoms with van der Waals surface area (Å²) in [4.78, 5) is 0. The van der Waals surface area contributed by atoms with Gasteiger partial charge in [0.2, 0.25) is 0 Å². The number of nitrogens with two attached hydrogens (primary N) is 1. The highest BCUT2D eigenvalue weighted by Gasteiger charge is 2.35. The molecule has 0 saturated heterocycles. The predicted octanol–water partition coefficient (Wildman–Crippen LogP) is 2.21. The minimum Gasteiger partial charge on any atom is -0.488 e. The summed E-state index contributed by atoms with van der Waals surface area (Å²) >= 11 is 0. The summed E-state index contributed by atoms with van der Waals surface area (Å²) in [5, 5.41) is 11.2. The Balaban J connectivity index is 3.18. The highest BCUT2D eigenvalue weighted by atomic mass is 19.4. The van der Waals surface area contributed by atoms with Crippen molar-refractivity contribution in [3.05, 3.63) is 29.3 Å². The maximum atomic E-state index is 13.0. The zero-order valence-electron chi connectivity index (χ0n) is 10.9. The second kappa shape index (κ2) is 6.47. The lowest BCUT2D eigenvalue weighted by molar-refractivity contribution is -0.139. The Morgan fingerprint density at radius 3 is 2.60 bits per heavy atom. The molecule has 3 N–H and O–H groups in total. The van der Waals surface area contributed by atoms with Crippen molar-refractivity contribution in [1.82, 2.24) is 0 Å². The van der Waals surface area contributed by atoms with E-state index in [1.807, 2.05) is 0 Å². The molecule has 1 atom stereocenters. The van der Waals surface area contributed by atoms with E-state index >= 15 is 0 Å². The van der Waals surface area contributed by atoms with Gasteiger partial charge in [0, 0.05) is 12.7 Å². The predicted molar refractivity (Wildman–Crippen MR) is 65.9 cm³/mol. The highest BCUT2D eigenvalue weighted by Crippen LogP contribution is 2.37. The summed E-state index contributed by atoms with van der Waals surface area (Å²) in [5.41, 5.74) is 4.23. The Morgan fingerprint density at radius 2 is 2.10 bits per heavy atom. The van der Waals surface area contributed by atoms with Crippen LogP contribution in [-0.2, 0) is 10.9 Å². The van der Waals surface area contributed by atoms with Gasteiger partial charge in [-0.15, -0.1) is 0 Å². The smallest absolute Gasteiger partial charge is 0.419 e. The molecule has 1 aromatic carbocycles. The monoisotopic (exact) mass is 292 g/mol. The Kier molecular flexibility index (Phi) is 5.20. The van der Waals surface area contributed by atoms with Crippen molar-refractivity contribution in [2.24, 2.45) is 10.9 Å². The highest BCUT2D eigenvalue weighted by molar-refractivity contribution is 5.97. The van der Waals surface area contributed by atoms with Gasteiger partial charge in [-0.2, -0.15) is 13.2 Å². The molecule has 0 radical (unpaired) electrons. The number of rotatable bonds is 5. The molecule has 0 heterocycles. The number of nitrogens with zero attached hydrogens (tertiary/aromatic N) is 1. The summed E-state index contributed by atoms with van der Waals surface area (Å²) in [6, 6.07) is 3.17. The molecule has 1 aromatic rings. The van der Waals surface area contributed by atoms with E-state index in [0.717, 1.165) is 12.1 Å². The van der Waals surface area contributed by atoms with Crippen LogP contribution in [0, 0.1) is 0 Å². The van der Waals surface area contributed by atoms with Gasteiger partial charge in [0.25, 0.3) is 0 Å². The molecule has 112 valence electrons. The van der Waals surface area contributed by atoms with Gasteiger partial charge >= 0.3 is 6.18 Å². The van der Waals surface area contributed by atoms with Crippen molar-refractivity contribution in [1.29, 1.82) is 0 Å². The van der Waals surface area contributed by atoms with Crippen LogP contribution in [0.2, 0.25) is 0 Å². The van der Waals surface area contributed by atoms with Gasteiger partial charge in [0.15, 0.2) is 5.84 Å². The van der Waals surface area contributed by atoms with Crippen molar-refractivity contribution in [2.75, 3.05) is 13.7 Å². The fourth-order valence-electron chi connectivity index (χ4n) is 1.56. The van der Waals surface area contributed by atoms with Gasteiger partial charge in [-0.3, -0.25) is 0 Å². The van der Waals surface area contributed by atoms with Crippen LogP contribution < -0.4 is 10.5 Å². The molecule has 5 nitrogen and oxygen atoms in total. The van der Waals surface area contributed by atoms with Gasteiger partial charge < -0.3 is 20.4 Å². The van der Waals surface area contributed by atoms with E-state index in [4.69, 9.17) is 20.4 Å². The van der Waals surface area contributed by atoms with Gasteiger partial charge in [-0.05, 0) is 25.1 Å². The second-order valence-corrected chi connectivity index (χ2v) is 4.08. The van der Waals surface area contributed by atoms with Crippen LogP contribution in [0.4, 0.5) is 13.2 Å². The lowest BCUT2D eigenvalue weighted by atomic mass is 10.1. The molecule has 0 aliphatic rings. The van der Waals surface area contributed by atoms with Crippen LogP contribution in [0.25, 0.3) is 0 Å². The minimum absolute atomic E-state index is 0.0495. The van der Waals surface area contributed by atoms with Crippen LogP contribution in [0.15, 0.2) is 23.4 Å². The Morgan fingerprint density at radius 1 is 1.45 bits per heavy atom. The number of halogens is 3. The average molecular weight is 292 g/mol. The summed E-state index contributed by atoms with van der Waals surface area (Å²) < 4.78 is 48.9. The molecular weight excluding hydrogens is 277 g/mol. The lowest BCUT2D eigenvalue weighted by Gasteiger charge is -2.18. The van der Waals surface area contributed by atoms with Gasteiger partial charge in [-0.1, -0.05) is 5.16 Å². The molecule has 0 saturated carbocycles. The first-order valence-electron chi connectivity index (χ1n) is 5.64. The van der Waals surface area contributed by atoms with E-state index in [1.54, 1.807) is 6.92 Å². The van der Waals surface area contributed by atoms with Crippen molar-refractivity contribution in [2.45, 2.75) is 19.2 Å². The van der Waals surface area contributed by atoms with Crippen molar-refractivity contribution >= 4 is 5.84 Å². The fourth-order valence-corrected chi connectivity index (χ4v) is 1.56. The minimum atomic E-state index is -4.62. The average Bonchev–Trinajstić information content (AvgIpc) is 2.37. The molecule has 1 unspecified atom stereocenters. The number of hydrogen-bond donors (Lipinski definition) is 2. The van der Waals surface area contributed by atoms with Crippen molar-refractivity contribution in [3.63, 3.8) is 0 Å². The SMILES string of the molecule is COCC(C)Oc1ccc(/C(N)=N/O)cc1C(F)(F)F. The molecular formula is C12H15F3N2O3. The second-order valence-electron chi connectivity index (χ2n) is 4.08. The molecule has 8 heteroatoms. The maximum Gasteiger partial charge on any atom is 0.419 e. The van der Waals surface area contributed by atoms with Gasteiger partial charge in [-0.25, -0.2) is 0 Å². The van der Waals surface area contributed by atoms with Crippen LogP contribution in [0.5, 0.6) is 5.75 Å². The van der Waals surface area contributed by atoms with Crippen LogP contribution in [-0.4, -0.2) is 30.9 Å². The van der Waals surface area contributed by atoms with E-state index in [1.165, 1.54) is 13.2 Å². The van der Waals surface area contributed by atoms with E-state index in [2.05, 4.69) is 5.16 Å². The van der Waals surface area contributed by atoms with Crippen LogP contribution in [0.1, 0.15) is 18.1 Å². The largest absolute Gasteiger partial charge is 0.488 e. The summed E-state index contributed by atoms with van der Waals surface area (Å²) in [6.07, 6.45) is -5.16. The topological polar surface area (TPSA) is 77.1 Å². The molecule has 0 spiro atoms. The third-order valence-electron chi connectivity index (χ3n) is 2.42. The van der Waals surface area contributed by atoms with E-state index in [0.29, 0.717) is 0 Å². The van der Waals surface area contributed by atoms with Gasteiger partial charge in [0.05, 0.1) is 12.2 Å². The molecule has 0 bridgehead atoms. The molecule has 0 fully saturated rings. The number of benzene rings is 1. The summed E-state index contributed by atoms with van der Waals surface area (Å²) in [6.45, 7) is 1.74. The standard InChI is InChI=1S/C12H15F3N2O3/c1-7(6-19-2)20-10-4-3-8(11(16)17-18)5-9(10)12(13,14)15/h3-5,7,18H,6H2,1-2H3,(H2,16,17). The third-order valence-corrected chi connectivity index (χ3v) is 2.42. The van der Waals surface area contributed by atoms with E-state index < -0.39 is 23.7 Å². The quantitative estimate of drug-likeness (QED) is 0.377. The summed E-state index contributed by atoms with van der Waals surface area (Å²) in [5.74, 6) is -0.747. The van der Waals surface area contributed by atoms with Crippen molar-refractivity contribution < 1.29 is 27.9 Å². The molecule has 1 rings (SSSR count). The third kappa shape index (κ3) is 4.02. The Hall–Kier alpha value is -1.96. The van der Waals surface area contributed by atoms with E-state index in [9.17, 15) is 13.2 Å². The van der Waals surface area contributed by atoms with Crippen LogP contribution in [0.3, 0.4) is 0 Å². The number of hydrogen-bond acceptors (Lipinski definition) is 4. The Bertz CT molecular complexity index is 489. The molecule has 0 aliphatic carbocycles. The first-order chi connectivity index (χ1) is 9.29. The van der Waals surface area contributed by atoms with Crippen LogP contribution >= 0.6 is 0 Å². The molecule has 0 aromatic heterocycles. The zero-order valence-corrected chi connectivity index (χ0v) is 10.9. The molecule has 0 amide bonds. The number of methoxy groups -OCH3 is 1.